The number of fused-ring (bicyclic) bond motifs is 6. The Morgan fingerprint density at radius 3 is 1.86 bits per heavy atom. The van der Waals surface area contributed by atoms with Crippen molar-refractivity contribution in [2.45, 2.75) is 30.5 Å². The molecule has 172 valence electrons. The minimum absolute atomic E-state index is 0. The fourth-order valence-electron chi connectivity index (χ4n) is 5.54. The van der Waals surface area contributed by atoms with E-state index in [1.165, 1.54) is 66.0 Å². The van der Waals surface area contributed by atoms with Gasteiger partial charge in [-0.3, -0.25) is 0 Å². The number of alkyl halides is 2. The molecular formula is C30H24Cl2OSiZr. The van der Waals surface area contributed by atoms with Crippen LogP contribution in [0.25, 0.3) is 22.3 Å². The Kier molecular flexibility index (Phi) is 7.28. The zero-order valence-corrected chi connectivity index (χ0v) is 24.4. The van der Waals surface area contributed by atoms with E-state index in [4.69, 9.17) is 23.2 Å². The SMILES string of the molecule is Cc1ccc2c(c1[Si]c1c(CCCO)ccc3c1C(Cl)c1ccccc1-3)C(Cl)c1ccccc1-2.[Zr]. The Hall–Kier alpha value is -1.48. The van der Waals surface area contributed by atoms with Gasteiger partial charge in [0.15, 0.2) is 0 Å². The van der Waals surface area contributed by atoms with Crippen LogP contribution in [-0.2, 0) is 32.6 Å². The molecule has 4 aromatic carbocycles. The zero-order valence-electron chi connectivity index (χ0n) is 19.4. The molecule has 2 aliphatic rings. The average Bonchev–Trinajstić information content (AvgIpc) is 3.32. The van der Waals surface area contributed by atoms with Crippen LogP contribution in [0.5, 0.6) is 0 Å². The number of benzene rings is 4. The fourth-order valence-corrected chi connectivity index (χ4v) is 8.29. The molecule has 0 amide bonds. The van der Waals surface area contributed by atoms with E-state index in [1.54, 1.807) is 0 Å². The predicted octanol–water partition coefficient (Wildman–Crippen LogP) is 6.19. The van der Waals surface area contributed by atoms with Gasteiger partial charge in [0, 0.05) is 32.8 Å². The molecule has 0 spiro atoms. The zero-order chi connectivity index (χ0) is 23.4. The summed E-state index contributed by atoms with van der Waals surface area (Å²) in [6.45, 7) is 2.38. The van der Waals surface area contributed by atoms with Crippen LogP contribution in [0.4, 0.5) is 0 Å². The molecule has 1 N–H and O–H groups in total. The van der Waals surface area contributed by atoms with Gasteiger partial charge in [0.25, 0.3) is 0 Å². The quantitative estimate of drug-likeness (QED) is 0.217. The second-order valence-corrected chi connectivity index (χ2v) is 11.3. The number of aliphatic hydroxyl groups is 1. The topological polar surface area (TPSA) is 20.2 Å². The molecule has 2 radical (unpaired) electrons. The van der Waals surface area contributed by atoms with Crippen molar-refractivity contribution in [3.05, 3.63) is 106 Å². The first kappa shape index (κ1) is 25.2. The first-order chi connectivity index (χ1) is 16.6. The Balaban J connectivity index is 0.00000253. The van der Waals surface area contributed by atoms with Crippen LogP contribution in [-0.4, -0.2) is 21.2 Å². The van der Waals surface area contributed by atoms with Gasteiger partial charge < -0.3 is 5.11 Å². The van der Waals surface area contributed by atoms with Crippen LogP contribution in [0.15, 0.2) is 72.8 Å². The molecule has 6 rings (SSSR count). The molecular weight excluding hydrogens is 567 g/mol. The van der Waals surface area contributed by atoms with Gasteiger partial charge in [0.1, 0.15) is 9.52 Å². The van der Waals surface area contributed by atoms with Gasteiger partial charge in [-0.05, 0) is 80.2 Å². The third kappa shape index (κ3) is 4.05. The van der Waals surface area contributed by atoms with Gasteiger partial charge in [0.05, 0.1) is 10.8 Å². The van der Waals surface area contributed by atoms with Crippen LogP contribution < -0.4 is 10.4 Å². The first-order valence-corrected chi connectivity index (χ1v) is 13.6. The maximum atomic E-state index is 9.56. The third-order valence-corrected chi connectivity index (χ3v) is 9.86. The number of rotatable bonds is 5. The molecule has 0 fully saturated rings. The van der Waals surface area contributed by atoms with Crippen LogP contribution in [0.3, 0.4) is 0 Å². The number of hydrogen-bond donors (Lipinski definition) is 1. The van der Waals surface area contributed by atoms with E-state index in [9.17, 15) is 5.11 Å². The molecule has 0 heterocycles. The molecule has 0 bridgehead atoms. The van der Waals surface area contributed by atoms with Gasteiger partial charge in [-0.1, -0.05) is 78.4 Å². The summed E-state index contributed by atoms with van der Waals surface area (Å²) >= 11 is 14.2. The van der Waals surface area contributed by atoms with E-state index >= 15 is 0 Å². The number of aliphatic hydroxyl groups excluding tert-OH is 1. The number of hydrogen-bond acceptors (Lipinski definition) is 1. The van der Waals surface area contributed by atoms with E-state index in [2.05, 4.69) is 79.7 Å². The molecule has 35 heavy (non-hydrogen) atoms. The van der Waals surface area contributed by atoms with E-state index in [0.29, 0.717) is 9.52 Å². The van der Waals surface area contributed by atoms with Crippen molar-refractivity contribution >= 4 is 43.1 Å². The van der Waals surface area contributed by atoms with Crippen molar-refractivity contribution < 1.29 is 31.3 Å². The summed E-state index contributed by atoms with van der Waals surface area (Å²) in [5.74, 6) is 0. The Morgan fingerprint density at radius 1 is 0.714 bits per heavy atom. The van der Waals surface area contributed by atoms with Crippen molar-refractivity contribution in [1.82, 2.24) is 0 Å². The molecule has 1 nitrogen and oxygen atoms in total. The summed E-state index contributed by atoms with van der Waals surface area (Å²) in [4.78, 5) is 0. The standard InChI is InChI=1S/C30H24Cl2OSi.Zr/c1-17-12-14-21-19-8-2-4-10-23(19)27(31)25(21)29(17)34-30-18(7-6-16-33)13-15-22-20-9-3-5-11-24(20)28(32)26(22)30;/h2-5,8-15,27-28,33H,6-7,16H2,1H3;. The summed E-state index contributed by atoms with van der Waals surface area (Å²) in [6.07, 6.45) is 1.58. The van der Waals surface area contributed by atoms with E-state index in [-0.39, 0.29) is 43.6 Å². The third-order valence-electron chi connectivity index (χ3n) is 7.19. The summed E-state index contributed by atoms with van der Waals surface area (Å²) in [5, 5.41) is 11.9. The second-order valence-electron chi connectivity index (χ2n) is 9.13. The summed E-state index contributed by atoms with van der Waals surface area (Å²) in [6, 6.07) is 25.9. The molecule has 5 heteroatoms. The van der Waals surface area contributed by atoms with Crippen molar-refractivity contribution in [3.63, 3.8) is 0 Å². The Bertz CT molecular complexity index is 1430. The minimum Gasteiger partial charge on any atom is -0.396 e. The van der Waals surface area contributed by atoms with Gasteiger partial charge in [-0.2, -0.15) is 0 Å². The minimum atomic E-state index is -0.163. The van der Waals surface area contributed by atoms with Crippen LogP contribution >= 0.6 is 23.2 Å². The summed E-state index contributed by atoms with van der Waals surface area (Å²) in [7, 11) is 0.447. The van der Waals surface area contributed by atoms with Crippen molar-refractivity contribution in [2.24, 2.45) is 0 Å². The van der Waals surface area contributed by atoms with Crippen molar-refractivity contribution in [2.75, 3.05) is 6.61 Å². The van der Waals surface area contributed by atoms with Crippen LogP contribution in [0.1, 0.15) is 50.6 Å². The molecule has 2 atom stereocenters. The summed E-state index contributed by atoms with van der Waals surface area (Å²) in [5.41, 5.74) is 12.4. The number of aryl methyl sites for hydroxylation is 2. The molecule has 0 aromatic heterocycles. The largest absolute Gasteiger partial charge is 0.396 e. The maximum Gasteiger partial charge on any atom is 0.123 e. The average molecular weight is 591 g/mol. The monoisotopic (exact) mass is 588 g/mol. The van der Waals surface area contributed by atoms with E-state index < -0.39 is 0 Å². The van der Waals surface area contributed by atoms with Gasteiger partial charge in [0.2, 0.25) is 0 Å². The molecule has 0 saturated heterocycles. The van der Waals surface area contributed by atoms with E-state index in [0.717, 1.165) is 12.8 Å². The maximum absolute atomic E-state index is 9.56. The Labute approximate surface area is 238 Å². The van der Waals surface area contributed by atoms with Crippen molar-refractivity contribution in [3.8, 4) is 22.3 Å². The summed E-state index contributed by atoms with van der Waals surface area (Å²) < 4.78 is 0. The number of halogens is 2. The first-order valence-electron chi connectivity index (χ1n) is 11.7. The van der Waals surface area contributed by atoms with Crippen LogP contribution in [0.2, 0.25) is 0 Å². The molecule has 0 aliphatic heterocycles. The smallest absolute Gasteiger partial charge is 0.123 e. The molecule has 2 unspecified atom stereocenters. The van der Waals surface area contributed by atoms with Gasteiger partial charge in [-0.25, -0.2) is 0 Å². The normalized spacial score (nSPS) is 16.8. The molecule has 2 aliphatic carbocycles. The fraction of sp³-hybridized carbons (Fsp3) is 0.200. The van der Waals surface area contributed by atoms with Crippen molar-refractivity contribution in [1.29, 1.82) is 0 Å². The van der Waals surface area contributed by atoms with Crippen LogP contribution in [0, 0.1) is 6.92 Å². The van der Waals surface area contributed by atoms with Gasteiger partial charge >= 0.3 is 0 Å². The van der Waals surface area contributed by atoms with Gasteiger partial charge in [-0.15, -0.1) is 23.2 Å². The second kappa shape index (κ2) is 10.1. The van der Waals surface area contributed by atoms with E-state index in [1.807, 2.05) is 0 Å². The molecule has 0 saturated carbocycles. The Morgan fingerprint density at radius 2 is 1.26 bits per heavy atom. The predicted molar refractivity (Wildman–Crippen MR) is 144 cm³/mol. The molecule has 4 aromatic rings.